The highest BCUT2D eigenvalue weighted by molar-refractivity contribution is 8.54. The lowest BCUT2D eigenvalue weighted by Crippen LogP contribution is -2.31. The van der Waals surface area contributed by atoms with Crippen LogP contribution in [0.25, 0.3) is 11.1 Å². The van der Waals surface area contributed by atoms with Crippen molar-refractivity contribution in [1.29, 1.82) is 0 Å². The van der Waals surface area contributed by atoms with Crippen molar-refractivity contribution in [2.75, 3.05) is 0 Å². The minimum Gasteiger partial charge on any atom is -0.307 e. The van der Waals surface area contributed by atoms with E-state index in [0.29, 0.717) is 0 Å². The normalized spacial score (nSPS) is 13.3. The van der Waals surface area contributed by atoms with Crippen LogP contribution in [0.15, 0.2) is 0 Å². The van der Waals surface area contributed by atoms with Crippen LogP contribution in [-0.2, 0) is 56.4 Å². The summed E-state index contributed by atoms with van der Waals surface area (Å²) in [6.45, 7) is 18.2. The Balaban J connectivity index is 2.22. The largest absolute Gasteiger partial charge is 0.433 e. The molecule has 5 rings (SSSR count). The SMILES string of the molecule is Cc1c(C)[n+](C)c(-p2sp(-c3n(C)c(C)c(C)[n+]3C)s[p+](=c3n(C)c(C)c(C)n3C)s[p+](=c3n(C)c(C)c(C)n3C)s2)n1C. The van der Waals surface area contributed by atoms with E-state index in [9.17, 15) is 0 Å². The first-order chi connectivity index (χ1) is 20.5. The molecule has 0 saturated carbocycles. The van der Waals surface area contributed by atoms with Crippen molar-refractivity contribution < 1.29 is 9.13 Å². The maximum absolute atomic E-state index is 2.48. The third kappa shape index (κ3) is 5.30. The van der Waals surface area contributed by atoms with Gasteiger partial charge in [0.1, 0.15) is 22.8 Å². The van der Waals surface area contributed by atoms with E-state index in [2.05, 4.69) is 191 Å². The zero-order valence-electron chi connectivity index (χ0n) is 29.0. The summed E-state index contributed by atoms with van der Waals surface area (Å²) < 4.78 is 19.8. The Labute approximate surface area is 278 Å². The molecule has 0 bridgehead atoms. The molecule has 16 heteroatoms. The molecule has 0 aromatic carbocycles. The number of rotatable bonds is 2. The zero-order chi connectivity index (χ0) is 32.7. The molecule has 4 unspecified atom stereocenters. The summed E-state index contributed by atoms with van der Waals surface area (Å²) in [6.07, 6.45) is 0. The van der Waals surface area contributed by atoms with Gasteiger partial charge < -0.3 is 18.3 Å². The summed E-state index contributed by atoms with van der Waals surface area (Å²) in [6, 6.07) is 0. The topological polar surface area (TPSA) is 37.3 Å². The van der Waals surface area contributed by atoms with Crippen molar-refractivity contribution >= 4 is 65.0 Å². The Bertz CT molecular complexity index is 2000. The van der Waals surface area contributed by atoms with Crippen molar-refractivity contribution in [3.63, 3.8) is 0 Å². The Morgan fingerprint density at radius 2 is 0.773 bits per heavy atom. The standard InChI is InChI=1S/C28H48N8P4S4/c1-17-18(2)30(10)25(29(17)9)37-41-38(26-31(11)19(3)20(4)32(26)12)43-40(28-35(15)23(7)24(8)36(28)16)44-39(42-37)27-33(13)21(5)22(6)34(27)14/h1-16H3/q+4. The van der Waals surface area contributed by atoms with Crippen molar-refractivity contribution in [3.8, 4) is 11.1 Å². The number of imidazole rings is 4. The highest BCUT2D eigenvalue weighted by atomic mass is 33.3. The zero-order valence-corrected chi connectivity index (χ0v) is 35.8. The summed E-state index contributed by atoms with van der Waals surface area (Å²) >= 11 is 0. The molecule has 0 amide bonds. The number of hydrogen-bond donors (Lipinski definition) is 0. The van der Waals surface area contributed by atoms with Gasteiger partial charge in [-0.25, -0.2) is 18.3 Å². The van der Waals surface area contributed by atoms with Crippen LogP contribution >= 0.6 is 65.0 Å². The van der Waals surface area contributed by atoms with Crippen LogP contribution in [0, 0.1) is 65.8 Å². The van der Waals surface area contributed by atoms with Gasteiger partial charge in [0.2, 0.25) is 0 Å². The highest BCUT2D eigenvalue weighted by Crippen LogP contribution is 2.64. The van der Waals surface area contributed by atoms with Crippen LogP contribution in [0.1, 0.15) is 45.6 Å². The summed E-state index contributed by atoms with van der Waals surface area (Å²) in [4.78, 5) is 0. The minimum atomic E-state index is -0.609. The number of nitrogens with zero attached hydrogens (tertiary/aromatic N) is 8. The molecule has 5 aromatic heterocycles. The van der Waals surface area contributed by atoms with Crippen LogP contribution < -0.4 is 9.13 Å². The highest BCUT2D eigenvalue weighted by Gasteiger charge is 2.35. The quantitative estimate of drug-likeness (QED) is 0.162. The molecule has 0 spiro atoms. The molecule has 4 atom stereocenters. The summed E-state index contributed by atoms with van der Waals surface area (Å²) in [5, 5.41) is 2.92. The van der Waals surface area contributed by atoms with Gasteiger partial charge in [0.05, 0.1) is 49.3 Å². The number of hydrogen-bond acceptors (Lipinski definition) is 4. The Hall–Kier alpha value is -1.08. The fourth-order valence-electron chi connectivity index (χ4n) is 5.64. The van der Waals surface area contributed by atoms with Gasteiger partial charge in [-0.1, -0.05) is 0 Å². The van der Waals surface area contributed by atoms with E-state index in [0.717, 1.165) is 0 Å². The van der Waals surface area contributed by atoms with E-state index >= 15 is 0 Å². The molecule has 0 N–H and O–H groups in total. The van der Waals surface area contributed by atoms with E-state index in [-0.39, 0.29) is 0 Å². The molecule has 5 aromatic rings. The molecular weight excluding hydrogens is 701 g/mol. The first-order valence-corrected chi connectivity index (χ1v) is 28.0. The molecule has 0 aliphatic rings. The van der Waals surface area contributed by atoms with Gasteiger partial charge in [-0.05, 0) is 27.7 Å². The molecule has 8 nitrogen and oxygen atoms in total. The predicted octanol–water partition coefficient (Wildman–Crippen LogP) is 8.98. The van der Waals surface area contributed by atoms with Gasteiger partial charge in [-0.3, -0.25) is 0 Å². The molecule has 240 valence electrons. The molecule has 0 saturated heterocycles. The molecule has 0 aliphatic heterocycles. The van der Waals surface area contributed by atoms with Gasteiger partial charge in [0.25, 0.3) is 15.9 Å². The van der Waals surface area contributed by atoms with E-state index in [1.165, 1.54) is 67.1 Å². The predicted molar refractivity (Wildman–Crippen MR) is 200 cm³/mol. The maximum Gasteiger partial charge on any atom is 0.433 e. The molecule has 0 fully saturated rings. The van der Waals surface area contributed by atoms with Crippen LogP contribution in [0.4, 0.5) is 0 Å². The first-order valence-electron chi connectivity index (χ1n) is 14.5. The fourth-order valence-corrected chi connectivity index (χ4v) is 62.7. The van der Waals surface area contributed by atoms with E-state index < -0.39 is 22.8 Å². The lowest BCUT2D eigenvalue weighted by molar-refractivity contribution is -0.662. The average Bonchev–Trinajstić information content (AvgIpc) is 3.46. The second-order valence-corrected chi connectivity index (χ2v) is 35.4. The average molecular weight is 749 g/mol. The molecular formula is C28H48N8P4S4+4. The van der Waals surface area contributed by atoms with Gasteiger partial charge in [0.15, 0.2) is 27.0 Å². The van der Waals surface area contributed by atoms with Crippen molar-refractivity contribution in [2.45, 2.75) is 55.4 Å². The van der Waals surface area contributed by atoms with Crippen LogP contribution in [0.5, 0.6) is 0 Å². The number of aromatic nitrogens is 8. The minimum absolute atomic E-state index is 0.609. The summed E-state index contributed by atoms with van der Waals surface area (Å²) in [7, 11) is 27.3. The maximum atomic E-state index is 2.48. The molecule has 0 aliphatic carbocycles. The molecule has 5 heterocycles. The summed E-state index contributed by atoms with van der Waals surface area (Å²) in [5.41, 5.74) is 12.6. The van der Waals surface area contributed by atoms with Crippen LogP contribution in [0.3, 0.4) is 0 Å². The van der Waals surface area contributed by atoms with Crippen LogP contribution in [-0.4, -0.2) is 27.4 Å². The van der Waals surface area contributed by atoms with E-state index in [4.69, 9.17) is 0 Å². The van der Waals surface area contributed by atoms with Gasteiger partial charge in [-0.2, -0.15) is 0 Å². The van der Waals surface area contributed by atoms with Gasteiger partial charge >= 0.3 is 22.5 Å². The van der Waals surface area contributed by atoms with E-state index in [1.54, 1.807) is 0 Å². The lowest BCUT2D eigenvalue weighted by atomic mass is 10.4. The lowest BCUT2D eigenvalue weighted by Gasteiger charge is -1.96. The summed E-state index contributed by atoms with van der Waals surface area (Å²) in [5.74, 6) is -1.22. The van der Waals surface area contributed by atoms with Crippen LogP contribution in [0.2, 0.25) is 0 Å². The van der Waals surface area contributed by atoms with Gasteiger partial charge in [-0.15, -0.1) is 0 Å². The van der Waals surface area contributed by atoms with Crippen molar-refractivity contribution in [2.24, 2.45) is 56.4 Å². The second kappa shape index (κ2) is 12.5. The second-order valence-electron chi connectivity index (χ2n) is 11.7. The third-order valence-corrected chi connectivity index (χ3v) is 47.2. The molecule has 0 radical (unpaired) electrons. The van der Waals surface area contributed by atoms with Crippen molar-refractivity contribution in [1.82, 2.24) is 27.4 Å². The Morgan fingerprint density at radius 3 is 1.02 bits per heavy atom. The fraction of sp³-hybridized carbons (Fsp3) is 0.571. The molecule has 44 heavy (non-hydrogen) atoms. The monoisotopic (exact) mass is 748 g/mol. The van der Waals surface area contributed by atoms with E-state index in [1.807, 2.05) is 0 Å². The smallest absolute Gasteiger partial charge is 0.307 e. The third-order valence-electron chi connectivity index (χ3n) is 9.77. The Kier molecular flexibility index (Phi) is 9.74. The first kappa shape index (κ1) is 34.3. The Morgan fingerprint density at radius 1 is 0.477 bits per heavy atom. The van der Waals surface area contributed by atoms with Gasteiger partial charge in [0, 0.05) is 78.7 Å². The van der Waals surface area contributed by atoms with Crippen molar-refractivity contribution in [3.05, 3.63) is 56.0 Å².